The molecule has 2 aromatic heterocycles. The molecule has 1 saturated heterocycles. The molecule has 1 aliphatic rings. The molecule has 0 bridgehead atoms. The van der Waals surface area contributed by atoms with Gasteiger partial charge in [-0.15, -0.1) is 11.3 Å². The zero-order valence-corrected chi connectivity index (χ0v) is 13.1. The fourth-order valence-electron chi connectivity index (χ4n) is 2.48. The third-order valence-electron chi connectivity index (χ3n) is 3.64. The van der Waals surface area contributed by atoms with Gasteiger partial charge in [0, 0.05) is 56.7 Å². The first-order chi connectivity index (χ1) is 10.8. The number of rotatable bonds is 3. The van der Waals surface area contributed by atoms with Gasteiger partial charge in [0.2, 0.25) is 0 Å². The van der Waals surface area contributed by atoms with E-state index in [2.05, 4.69) is 20.2 Å². The van der Waals surface area contributed by atoms with E-state index >= 15 is 0 Å². The fraction of sp³-hybridized carbons (Fsp3) is 0.400. The van der Waals surface area contributed by atoms with E-state index in [1.807, 2.05) is 28.6 Å². The normalized spacial score (nSPS) is 15.5. The standard InChI is InChI=1S/C15H19N5OS/c21-14(18-12-13-3-1-4-16-11-13)19-6-2-7-20(9-8-19)15-17-5-10-22-15/h1,3-5,10-11H,2,6-9,12H2,(H,18,21). The zero-order chi connectivity index (χ0) is 15.2. The Morgan fingerprint density at radius 3 is 3.00 bits per heavy atom. The molecule has 0 atom stereocenters. The number of amides is 2. The van der Waals surface area contributed by atoms with Crippen LogP contribution >= 0.6 is 11.3 Å². The summed E-state index contributed by atoms with van der Waals surface area (Å²) in [6.45, 7) is 3.78. The van der Waals surface area contributed by atoms with Crippen LogP contribution in [0.1, 0.15) is 12.0 Å². The number of carbonyl (C=O) groups is 1. The van der Waals surface area contributed by atoms with Gasteiger partial charge in [-0.2, -0.15) is 0 Å². The van der Waals surface area contributed by atoms with Gasteiger partial charge in [-0.3, -0.25) is 4.98 Å². The summed E-state index contributed by atoms with van der Waals surface area (Å²) in [6.07, 6.45) is 6.28. The van der Waals surface area contributed by atoms with Gasteiger partial charge in [-0.1, -0.05) is 6.07 Å². The van der Waals surface area contributed by atoms with E-state index in [1.54, 1.807) is 23.7 Å². The molecule has 6 nitrogen and oxygen atoms in total. The van der Waals surface area contributed by atoms with E-state index < -0.39 is 0 Å². The van der Waals surface area contributed by atoms with E-state index in [9.17, 15) is 4.79 Å². The molecule has 0 saturated carbocycles. The van der Waals surface area contributed by atoms with Gasteiger partial charge in [0.25, 0.3) is 0 Å². The highest BCUT2D eigenvalue weighted by Crippen LogP contribution is 2.18. The summed E-state index contributed by atoms with van der Waals surface area (Å²) in [7, 11) is 0. The molecule has 1 N–H and O–H groups in total. The van der Waals surface area contributed by atoms with Crippen molar-refractivity contribution in [3.63, 3.8) is 0 Å². The molecule has 3 rings (SSSR count). The Hall–Kier alpha value is -2.15. The second-order valence-electron chi connectivity index (χ2n) is 5.16. The maximum atomic E-state index is 12.3. The molecule has 1 aliphatic heterocycles. The first-order valence-corrected chi connectivity index (χ1v) is 8.27. The van der Waals surface area contributed by atoms with Gasteiger partial charge in [-0.25, -0.2) is 9.78 Å². The van der Waals surface area contributed by atoms with Crippen LogP contribution in [0.2, 0.25) is 0 Å². The summed E-state index contributed by atoms with van der Waals surface area (Å²) in [5, 5.41) is 5.99. The van der Waals surface area contributed by atoms with E-state index in [0.29, 0.717) is 6.54 Å². The fourth-order valence-corrected chi connectivity index (χ4v) is 3.17. The molecule has 116 valence electrons. The minimum atomic E-state index is -0.00941. The number of thiazole rings is 1. The van der Waals surface area contributed by atoms with Crippen LogP contribution in [-0.4, -0.2) is 47.1 Å². The minimum absolute atomic E-state index is 0.00941. The van der Waals surface area contributed by atoms with Gasteiger partial charge >= 0.3 is 6.03 Å². The Bertz CT molecular complexity index is 589. The predicted molar refractivity (Wildman–Crippen MR) is 87.0 cm³/mol. The average Bonchev–Trinajstić information content (AvgIpc) is 2.98. The SMILES string of the molecule is O=C(NCc1cccnc1)N1CCCN(c2nccs2)CC1. The number of carbonyl (C=O) groups excluding carboxylic acids is 1. The van der Waals surface area contributed by atoms with Crippen LogP contribution < -0.4 is 10.2 Å². The predicted octanol–water partition coefficient (Wildman–Crippen LogP) is 1.96. The monoisotopic (exact) mass is 317 g/mol. The van der Waals surface area contributed by atoms with Crippen molar-refractivity contribution in [2.45, 2.75) is 13.0 Å². The maximum Gasteiger partial charge on any atom is 0.317 e. The first-order valence-electron chi connectivity index (χ1n) is 7.39. The summed E-state index contributed by atoms with van der Waals surface area (Å²) in [4.78, 5) is 24.8. The van der Waals surface area contributed by atoms with E-state index in [0.717, 1.165) is 43.3 Å². The van der Waals surface area contributed by atoms with E-state index in [4.69, 9.17) is 0 Å². The summed E-state index contributed by atoms with van der Waals surface area (Å²) < 4.78 is 0. The molecule has 2 amide bonds. The van der Waals surface area contributed by atoms with Crippen LogP contribution in [0.4, 0.5) is 9.93 Å². The third-order valence-corrected chi connectivity index (χ3v) is 4.47. The van der Waals surface area contributed by atoms with E-state index in [1.165, 1.54) is 0 Å². The molecule has 0 spiro atoms. The van der Waals surface area contributed by atoms with Crippen LogP contribution in [0.25, 0.3) is 0 Å². The number of hydrogen-bond acceptors (Lipinski definition) is 5. The molecule has 0 aliphatic carbocycles. The van der Waals surface area contributed by atoms with Gasteiger partial charge in [0.1, 0.15) is 0 Å². The number of pyridine rings is 1. The number of urea groups is 1. The molecular formula is C15H19N5OS. The number of anilines is 1. The summed E-state index contributed by atoms with van der Waals surface area (Å²) in [5.41, 5.74) is 1.01. The highest BCUT2D eigenvalue weighted by molar-refractivity contribution is 7.13. The van der Waals surface area contributed by atoms with Crippen molar-refractivity contribution in [1.29, 1.82) is 0 Å². The first kappa shape index (κ1) is 14.8. The van der Waals surface area contributed by atoms with Gasteiger partial charge in [0.15, 0.2) is 5.13 Å². The Balaban J connectivity index is 1.51. The topological polar surface area (TPSA) is 61.4 Å². The lowest BCUT2D eigenvalue weighted by Crippen LogP contribution is -2.41. The molecule has 2 aromatic rings. The summed E-state index contributed by atoms with van der Waals surface area (Å²) in [5.74, 6) is 0. The second-order valence-corrected chi connectivity index (χ2v) is 6.04. The van der Waals surface area contributed by atoms with Gasteiger partial charge < -0.3 is 15.1 Å². The van der Waals surface area contributed by atoms with Crippen molar-refractivity contribution in [3.8, 4) is 0 Å². The maximum absolute atomic E-state index is 12.3. The van der Waals surface area contributed by atoms with E-state index in [-0.39, 0.29) is 6.03 Å². The average molecular weight is 317 g/mol. The van der Waals surface area contributed by atoms with Crippen LogP contribution in [0.15, 0.2) is 36.1 Å². The van der Waals surface area contributed by atoms with Crippen LogP contribution in [-0.2, 0) is 6.54 Å². The van der Waals surface area contributed by atoms with Crippen molar-refractivity contribution in [2.24, 2.45) is 0 Å². The molecule has 1 fully saturated rings. The Morgan fingerprint density at radius 2 is 2.23 bits per heavy atom. The second kappa shape index (κ2) is 7.22. The highest BCUT2D eigenvalue weighted by Gasteiger charge is 2.19. The quantitative estimate of drug-likeness (QED) is 0.940. The lowest BCUT2D eigenvalue weighted by Gasteiger charge is -2.22. The minimum Gasteiger partial charge on any atom is -0.346 e. The van der Waals surface area contributed by atoms with Crippen molar-refractivity contribution >= 4 is 22.5 Å². The summed E-state index contributed by atoms with van der Waals surface area (Å²) in [6, 6.07) is 3.82. The van der Waals surface area contributed by atoms with Crippen LogP contribution in [0, 0.1) is 0 Å². The van der Waals surface area contributed by atoms with Crippen molar-refractivity contribution in [1.82, 2.24) is 20.2 Å². The van der Waals surface area contributed by atoms with Crippen molar-refractivity contribution in [2.75, 3.05) is 31.1 Å². The highest BCUT2D eigenvalue weighted by atomic mass is 32.1. The Kier molecular flexibility index (Phi) is 4.85. The lowest BCUT2D eigenvalue weighted by atomic mass is 10.3. The molecule has 3 heterocycles. The molecule has 0 radical (unpaired) electrons. The molecule has 7 heteroatoms. The Morgan fingerprint density at radius 1 is 1.27 bits per heavy atom. The molecule has 0 aromatic carbocycles. The van der Waals surface area contributed by atoms with Crippen LogP contribution in [0.3, 0.4) is 0 Å². The molecule has 22 heavy (non-hydrogen) atoms. The zero-order valence-electron chi connectivity index (χ0n) is 12.3. The largest absolute Gasteiger partial charge is 0.346 e. The van der Waals surface area contributed by atoms with Crippen LogP contribution in [0.5, 0.6) is 0 Å². The smallest absolute Gasteiger partial charge is 0.317 e. The Labute approximate surface area is 133 Å². The summed E-state index contributed by atoms with van der Waals surface area (Å²) >= 11 is 1.64. The third kappa shape index (κ3) is 3.73. The van der Waals surface area contributed by atoms with Crippen molar-refractivity contribution < 1.29 is 4.79 Å². The lowest BCUT2D eigenvalue weighted by molar-refractivity contribution is 0.201. The molecular weight excluding hydrogens is 298 g/mol. The number of nitrogens with zero attached hydrogens (tertiary/aromatic N) is 4. The van der Waals surface area contributed by atoms with Gasteiger partial charge in [-0.05, 0) is 18.1 Å². The van der Waals surface area contributed by atoms with Gasteiger partial charge in [0.05, 0.1) is 0 Å². The number of aromatic nitrogens is 2. The van der Waals surface area contributed by atoms with Crippen molar-refractivity contribution in [3.05, 3.63) is 41.7 Å². The molecule has 0 unspecified atom stereocenters. The number of hydrogen-bond donors (Lipinski definition) is 1. The number of nitrogens with one attached hydrogen (secondary N) is 1.